The topological polar surface area (TPSA) is 20.2 Å². The van der Waals surface area contributed by atoms with E-state index in [4.69, 9.17) is 5.11 Å². The Bertz CT molecular complexity index is 122. The standard InChI is InChI=1S/C7H8O/c8-6-7-4-2-1-3-5-7/h1-2,4,8H,5-6H2. The van der Waals surface area contributed by atoms with Gasteiger partial charge in [-0.25, -0.2) is 0 Å². The van der Waals surface area contributed by atoms with Crippen LogP contribution in [0.15, 0.2) is 23.8 Å². The fourth-order valence-electron chi connectivity index (χ4n) is 0.610. The first kappa shape index (κ1) is 5.57. The molecule has 1 rings (SSSR count). The molecular weight excluding hydrogens is 100 g/mol. The van der Waals surface area contributed by atoms with Gasteiger partial charge in [-0.15, -0.1) is 0 Å². The Morgan fingerprint density at radius 3 is 3.00 bits per heavy atom. The van der Waals surface area contributed by atoms with Gasteiger partial charge in [-0.1, -0.05) is 18.2 Å². The maximum Gasteiger partial charge on any atom is 0.0645 e. The van der Waals surface area contributed by atoms with Gasteiger partial charge in [0.1, 0.15) is 0 Å². The van der Waals surface area contributed by atoms with Crippen molar-refractivity contribution in [2.75, 3.05) is 6.61 Å². The number of hydrogen-bond donors (Lipinski definition) is 1. The van der Waals surface area contributed by atoms with E-state index in [-0.39, 0.29) is 6.61 Å². The van der Waals surface area contributed by atoms with Crippen molar-refractivity contribution >= 4 is 0 Å². The fourth-order valence-corrected chi connectivity index (χ4v) is 0.610. The summed E-state index contributed by atoms with van der Waals surface area (Å²) in [6.07, 6.45) is 9.42. The largest absolute Gasteiger partial charge is 0.392 e. The van der Waals surface area contributed by atoms with Crippen LogP contribution in [0.5, 0.6) is 0 Å². The van der Waals surface area contributed by atoms with Crippen molar-refractivity contribution in [3.63, 3.8) is 0 Å². The van der Waals surface area contributed by atoms with Gasteiger partial charge in [-0.2, -0.15) is 0 Å². The zero-order chi connectivity index (χ0) is 5.82. The minimum atomic E-state index is 0.164. The first-order chi connectivity index (χ1) is 3.93. The Morgan fingerprint density at radius 2 is 2.62 bits per heavy atom. The van der Waals surface area contributed by atoms with E-state index in [9.17, 15) is 0 Å². The van der Waals surface area contributed by atoms with Crippen LogP contribution in [0, 0.1) is 6.42 Å². The summed E-state index contributed by atoms with van der Waals surface area (Å²) >= 11 is 0. The van der Waals surface area contributed by atoms with Crippen molar-refractivity contribution in [2.24, 2.45) is 0 Å². The Morgan fingerprint density at radius 1 is 1.75 bits per heavy atom. The molecule has 1 aliphatic carbocycles. The summed E-state index contributed by atoms with van der Waals surface area (Å²) in [5.74, 6) is 0. The fraction of sp³-hybridized carbons (Fsp3) is 0.286. The molecule has 1 nitrogen and oxygen atoms in total. The maximum absolute atomic E-state index is 8.55. The highest BCUT2D eigenvalue weighted by Crippen LogP contribution is 2.08. The lowest BCUT2D eigenvalue weighted by molar-refractivity contribution is 0.328. The third kappa shape index (κ3) is 1.20. The molecule has 0 spiro atoms. The average molecular weight is 108 g/mol. The lowest BCUT2D eigenvalue weighted by Crippen LogP contribution is -1.92. The summed E-state index contributed by atoms with van der Waals surface area (Å²) in [5.41, 5.74) is 1.03. The Labute approximate surface area is 49.3 Å². The summed E-state index contributed by atoms with van der Waals surface area (Å²) in [7, 11) is 0. The van der Waals surface area contributed by atoms with E-state index in [0.29, 0.717) is 0 Å². The second-order valence-corrected chi connectivity index (χ2v) is 1.72. The number of hydrogen-bond acceptors (Lipinski definition) is 1. The van der Waals surface area contributed by atoms with E-state index in [1.54, 1.807) is 0 Å². The molecule has 0 atom stereocenters. The molecule has 42 valence electrons. The van der Waals surface area contributed by atoms with E-state index in [0.717, 1.165) is 12.0 Å². The summed E-state index contributed by atoms with van der Waals surface area (Å²) in [4.78, 5) is 0. The van der Waals surface area contributed by atoms with Crippen LogP contribution in [-0.2, 0) is 0 Å². The molecule has 0 bridgehead atoms. The molecule has 0 aromatic carbocycles. The van der Waals surface area contributed by atoms with Crippen LogP contribution in [0.3, 0.4) is 0 Å². The van der Waals surface area contributed by atoms with Crippen molar-refractivity contribution < 1.29 is 5.11 Å². The molecule has 0 saturated heterocycles. The molecule has 0 saturated carbocycles. The average Bonchev–Trinajstić information content (AvgIpc) is 1.90. The van der Waals surface area contributed by atoms with Crippen molar-refractivity contribution in [1.82, 2.24) is 0 Å². The molecule has 8 heavy (non-hydrogen) atoms. The van der Waals surface area contributed by atoms with Gasteiger partial charge in [0.15, 0.2) is 0 Å². The monoisotopic (exact) mass is 108 g/mol. The van der Waals surface area contributed by atoms with E-state index in [1.165, 1.54) is 0 Å². The van der Waals surface area contributed by atoms with Gasteiger partial charge in [0.05, 0.1) is 6.61 Å². The second kappa shape index (κ2) is 2.68. The smallest absolute Gasteiger partial charge is 0.0645 e. The normalized spacial score (nSPS) is 18.4. The molecule has 1 aliphatic rings. The van der Waals surface area contributed by atoms with Crippen LogP contribution in [0.4, 0.5) is 0 Å². The summed E-state index contributed by atoms with van der Waals surface area (Å²) in [6, 6.07) is 0. The van der Waals surface area contributed by atoms with Crippen LogP contribution < -0.4 is 0 Å². The molecule has 0 unspecified atom stereocenters. The third-order valence-corrected chi connectivity index (χ3v) is 1.08. The quantitative estimate of drug-likeness (QED) is 0.530. The number of rotatable bonds is 1. The zero-order valence-electron chi connectivity index (χ0n) is 4.59. The second-order valence-electron chi connectivity index (χ2n) is 1.72. The van der Waals surface area contributed by atoms with Gasteiger partial charge >= 0.3 is 0 Å². The van der Waals surface area contributed by atoms with E-state index < -0.39 is 0 Å². The lowest BCUT2D eigenvalue weighted by atomic mass is 10.1. The molecule has 0 amide bonds. The molecule has 0 fully saturated rings. The zero-order valence-corrected chi connectivity index (χ0v) is 4.59. The molecule has 0 heterocycles. The first-order valence-corrected chi connectivity index (χ1v) is 2.62. The number of aliphatic hydroxyl groups excluding tert-OH is 1. The van der Waals surface area contributed by atoms with Gasteiger partial charge in [0, 0.05) is 6.42 Å². The van der Waals surface area contributed by atoms with E-state index in [1.807, 2.05) is 18.2 Å². The van der Waals surface area contributed by atoms with Gasteiger partial charge in [0.25, 0.3) is 0 Å². The maximum atomic E-state index is 8.55. The predicted octanol–water partition coefficient (Wildman–Crippen LogP) is 0.946. The Hall–Kier alpha value is -0.560. The highest BCUT2D eigenvalue weighted by atomic mass is 16.3. The minimum absolute atomic E-state index is 0.164. The highest BCUT2D eigenvalue weighted by Gasteiger charge is 1.95. The van der Waals surface area contributed by atoms with Crippen LogP contribution >= 0.6 is 0 Å². The molecule has 2 radical (unpaired) electrons. The van der Waals surface area contributed by atoms with Gasteiger partial charge in [0.2, 0.25) is 0 Å². The van der Waals surface area contributed by atoms with Crippen LogP contribution in [0.25, 0.3) is 0 Å². The van der Waals surface area contributed by atoms with Crippen molar-refractivity contribution in [2.45, 2.75) is 6.42 Å². The third-order valence-electron chi connectivity index (χ3n) is 1.08. The number of aliphatic hydroxyl groups is 1. The van der Waals surface area contributed by atoms with Crippen LogP contribution in [0.2, 0.25) is 0 Å². The minimum Gasteiger partial charge on any atom is -0.392 e. The van der Waals surface area contributed by atoms with Crippen LogP contribution in [-0.4, -0.2) is 11.7 Å². The van der Waals surface area contributed by atoms with Gasteiger partial charge in [-0.05, 0) is 12.0 Å². The Balaban J connectivity index is 2.50. The van der Waals surface area contributed by atoms with Gasteiger partial charge < -0.3 is 5.11 Å². The van der Waals surface area contributed by atoms with E-state index >= 15 is 0 Å². The Kier molecular flexibility index (Phi) is 1.86. The molecule has 1 heteroatoms. The molecule has 1 N–H and O–H groups in total. The lowest BCUT2D eigenvalue weighted by Gasteiger charge is -2.01. The number of allylic oxidation sites excluding steroid dienone is 3. The summed E-state index contributed by atoms with van der Waals surface area (Å²) in [6.45, 7) is 0.164. The van der Waals surface area contributed by atoms with Crippen LogP contribution in [0.1, 0.15) is 6.42 Å². The van der Waals surface area contributed by atoms with Crippen molar-refractivity contribution in [1.29, 1.82) is 0 Å². The predicted molar refractivity (Wildman–Crippen MR) is 32.2 cm³/mol. The molecule has 0 aromatic rings. The van der Waals surface area contributed by atoms with E-state index in [2.05, 4.69) is 6.42 Å². The van der Waals surface area contributed by atoms with Crippen molar-refractivity contribution in [3.8, 4) is 0 Å². The molecule has 0 aliphatic heterocycles. The first-order valence-electron chi connectivity index (χ1n) is 2.62. The highest BCUT2D eigenvalue weighted by molar-refractivity contribution is 5.23. The SMILES string of the molecule is OCC1=CC=C[C]C1. The van der Waals surface area contributed by atoms with Gasteiger partial charge in [-0.3, -0.25) is 0 Å². The summed E-state index contributed by atoms with van der Waals surface area (Å²) in [5, 5.41) is 8.55. The van der Waals surface area contributed by atoms with Crippen molar-refractivity contribution in [3.05, 3.63) is 30.2 Å². The molecule has 0 aromatic heterocycles. The molecular formula is C7H8O. The summed E-state index contributed by atoms with van der Waals surface area (Å²) < 4.78 is 0.